The maximum Gasteiger partial charge on any atom is 0.275 e. The molecule has 1 aromatic carbocycles. The van der Waals surface area contributed by atoms with Gasteiger partial charge in [-0.05, 0) is 18.9 Å². The van der Waals surface area contributed by atoms with E-state index >= 15 is 0 Å². The number of hydrogen-bond donors (Lipinski definition) is 3. The Bertz CT molecular complexity index is 1240. The fourth-order valence-electron chi connectivity index (χ4n) is 3.78. The number of anilines is 3. The van der Waals surface area contributed by atoms with E-state index in [2.05, 4.69) is 34.4 Å². The minimum Gasteiger partial charge on any atom is -0.504 e. The molecule has 0 aliphatic heterocycles. The van der Waals surface area contributed by atoms with Gasteiger partial charge in [0.2, 0.25) is 0 Å². The van der Waals surface area contributed by atoms with Gasteiger partial charge in [0.1, 0.15) is 11.4 Å². The van der Waals surface area contributed by atoms with Crippen molar-refractivity contribution in [3.63, 3.8) is 0 Å². The first-order chi connectivity index (χ1) is 14.6. The highest BCUT2D eigenvalue weighted by Crippen LogP contribution is 2.44. The maximum absolute atomic E-state index is 12.3. The lowest BCUT2D eigenvalue weighted by molar-refractivity contribution is 0.0819. The van der Waals surface area contributed by atoms with Gasteiger partial charge in [0.05, 0.1) is 27.8 Å². The van der Waals surface area contributed by atoms with E-state index in [0.717, 1.165) is 23.4 Å². The summed E-state index contributed by atoms with van der Waals surface area (Å²) >= 11 is 1.53. The van der Waals surface area contributed by atoms with Crippen molar-refractivity contribution in [2.45, 2.75) is 38.1 Å². The lowest BCUT2D eigenvalue weighted by atomic mass is 9.77. The molecule has 0 saturated carbocycles. The van der Waals surface area contributed by atoms with Crippen LogP contribution in [-0.4, -0.2) is 40.0 Å². The fraction of sp³-hybridized carbons (Fsp3) is 0.381. The summed E-state index contributed by atoms with van der Waals surface area (Å²) in [4.78, 5) is 47.5. The van der Waals surface area contributed by atoms with E-state index in [1.165, 1.54) is 28.5 Å². The Morgan fingerprint density at radius 3 is 2.65 bits per heavy atom. The van der Waals surface area contributed by atoms with E-state index in [4.69, 9.17) is 0 Å². The van der Waals surface area contributed by atoms with Crippen molar-refractivity contribution in [3.8, 4) is 5.75 Å². The molecule has 162 valence electrons. The third kappa shape index (κ3) is 3.46. The Kier molecular flexibility index (Phi) is 5.04. The van der Waals surface area contributed by atoms with E-state index in [9.17, 15) is 19.5 Å². The van der Waals surface area contributed by atoms with Crippen molar-refractivity contribution in [2.24, 2.45) is 0 Å². The van der Waals surface area contributed by atoms with Crippen LogP contribution in [0.2, 0.25) is 0 Å². The lowest BCUT2D eigenvalue weighted by Gasteiger charge is -2.34. The molecule has 0 fully saturated rings. The second-order valence-corrected chi connectivity index (χ2v) is 9.36. The summed E-state index contributed by atoms with van der Waals surface area (Å²) in [6.07, 6.45) is 3.04. The van der Waals surface area contributed by atoms with Gasteiger partial charge in [0, 0.05) is 25.7 Å². The SMILES string of the molecule is CN(C)C(=O)c1nccc(Nc2c(NC3CCC(C)(C)c4ncsc43)c(=O)c2=O)c1O. The number of aromatic nitrogens is 2. The number of hydrogen-bond acceptors (Lipinski definition) is 9. The first-order valence-corrected chi connectivity index (χ1v) is 10.7. The maximum atomic E-state index is 12.3. The predicted octanol–water partition coefficient (Wildman–Crippen LogP) is 2.51. The summed E-state index contributed by atoms with van der Waals surface area (Å²) in [5.41, 5.74) is 1.68. The summed E-state index contributed by atoms with van der Waals surface area (Å²) < 4.78 is 0. The van der Waals surface area contributed by atoms with Gasteiger partial charge < -0.3 is 20.6 Å². The number of carbonyl (C=O) groups is 1. The summed E-state index contributed by atoms with van der Waals surface area (Å²) in [5, 5.41) is 16.5. The molecule has 3 aromatic rings. The monoisotopic (exact) mass is 441 g/mol. The highest BCUT2D eigenvalue weighted by molar-refractivity contribution is 7.09. The van der Waals surface area contributed by atoms with Gasteiger partial charge >= 0.3 is 0 Å². The third-order valence-electron chi connectivity index (χ3n) is 5.63. The average Bonchev–Trinajstić information content (AvgIpc) is 3.24. The quantitative estimate of drug-likeness (QED) is 0.516. The third-order valence-corrected chi connectivity index (χ3v) is 6.57. The number of thiazole rings is 1. The van der Waals surface area contributed by atoms with Crippen LogP contribution in [0.4, 0.5) is 17.1 Å². The highest BCUT2D eigenvalue weighted by Gasteiger charge is 2.36. The van der Waals surface area contributed by atoms with Crippen molar-refractivity contribution in [3.05, 3.63) is 54.5 Å². The number of aromatic hydroxyl groups is 1. The first-order valence-electron chi connectivity index (χ1n) is 9.82. The van der Waals surface area contributed by atoms with Gasteiger partial charge in [-0.1, -0.05) is 13.8 Å². The number of rotatable bonds is 5. The molecule has 1 aliphatic carbocycles. The van der Waals surface area contributed by atoms with Crippen molar-refractivity contribution >= 4 is 34.3 Å². The van der Waals surface area contributed by atoms with Crippen molar-refractivity contribution in [2.75, 3.05) is 24.7 Å². The van der Waals surface area contributed by atoms with Crippen LogP contribution in [0.1, 0.15) is 53.8 Å². The number of nitrogens with one attached hydrogen (secondary N) is 2. The molecule has 0 bridgehead atoms. The molecule has 10 heteroatoms. The Labute approximate surface area is 182 Å². The molecule has 1 aliphatic rings. The molecule has 2 heterocycles. The van der Waals surface area contributed by atoms with Crippen LogP contribution in [0, 0.1) is 0 Å². The molecule has 4 rings (SSSR count). The van der Waals surface area contributed by atoms with Crippen molar-refractivity contribution in [1.29, 1.82) is 0 Å². The number of amides is 1. The summed E-state index contributed by atoms with van der Waals surface area (Å²) in [5.74, 6) is -0.864. The van der Waals surface area contributed by atoms with Crippen LogP contribution in [0.15, 0.2) is 27.4 Å². The standard InChI is InChI=1S/C21H23N5O4S/c1-21(2)7-5-11(18-19(21)23-9-31-18)25-13-12(16(28)17(13)29)24-10-6-8-22-14(15(10)27)20(30)26(3)4/h6,8-9,11,25,27H,5,7H2,1-4H3,(H,22,24). The van der Waals surface area contributed by atoms with Crippen molar-refractivity contribution in [1.82, 2.24) is 14.9 Å². The number of carbonyl (C=O) groups excluding carboxylic acids is 1. The molecule has 1 atom stereocenters. The normalized spacial score (nSPS) is 17.2. The second-order valence-electron chi connectivity index (χ2n) is 8.47. The van der Waals surface area contributed by atoms with Gasteiger partial charge in [-0.25, -0.2) is 9.97 Å². The summed E-state index contributed by atoms with van der Waals surface area (Å²) in [6.45, 7) is 4.29. The highest BCUT2D eigenvalue weighted by atomic mass is 32.1. The molecule has 1 amide bonds. The Balaban J connectivity index is 1.63. The Morgan fingerprint density at radius 1 is 1.23 bits per heavy atom. The van der Waals surface area contributed by atoms with E-state index in [1.807, 2.05) is 0 Å². The van der Waals surface area contributed by atoms with Gasteiger partial charge in [-0.15, -0.1) is 11.3 Å². The molecular weight excluding hydrogens is 418 g/mol. The number of pyridine rings is 1. The summed E-state index contributed by atoms with van der Waals surface area (Å²) in [7, 11) is 3.09. The topological polar surface area (TPSA) is 125 Å². The van der Waals surface area contributed by atoms with E-state index in [1.54, 1.807) is 19.6 Å². The molecular formula is C21H23N5O4S. The zero-order valence-corrected chi connectivity index (χ0v) is 18.5. The summed E-state index contributed by atoms with van der Waals surface area (Å²) in [6, 6.07) is 1.31. The average molecular weight is 442 g/mol. The largest absolute Gasteiger partial charge is 0.504 e. The van der Waals surface area contributed by atoms with Gasteiger partial charge in [0.25, 0.3) is 16.8 Å². The second kappa shape index (κ2) is 7.45. The van der Waals surface area contributed by atoms with Crippen LogP contribution >= 0.6 is 11.3 Å². The van der Waals surface area contributed by atoms with Crippen molar-refractivity contribution < 1.29 is 9.90 Å². The zero-order valence-electron chi connectivity index (χ0n) is 17.6. The molecule has 1 unspecified atom stereocenters. The Morgan fingerprint density at radius 2 is 1.94 bits per heavy atom. The molecule has 2 aromatic heterocycles. The van der Waals surface area contributed by atoms with Crippen LogP contribution in [0.3, 0.4) is 0 Å². The van der Waals surface area contributed by atoms with E-state index < -0.39 is 16.8 Å². The van der Waals surface area contributed by atoms with E-state index in [0.29, 0.717) is 0 Å². The first kappa shape index (κ1) is 21.0. The number of fused-ring (bicyclic) bond motifs is 1. The van der Waals surface area contributed by atoms with Crippen LogP contribution < -0.4 is 21.5 Å². The Hall–Kier alpha value is -3.27. The molecule has 0 spiro atoms. The smallest absolute Gasteiger partial charge is 0.275 e. The molecule has 0 saturated heterocycles. The minimum absolute atomic E-state index is 0.0411. The molecule has 3 N–H and O–H groups in total. The molecule has 0 radical (unpaired) electrons. The van der Waals surface area contributed by atoms with Gasteiger partial charge in [0.15, 0.2) is 11.4 Å². The van der Waals surface area contributed by atoms with Crippen LogP contribution in [-0.2, 0) is 5.41 Å². The van der Waals surface area contributed by atoms with Crippen LogP contribution in [0.5, 0.6) is 5.75 Å². The number of nitrogens with zero attached hydrogens (tertiary/aromatic N) is 3. The molecule has 31 heavy (non-hydrogen) atoms. The lowest BCUT2D eigenvalue weighted by Crippen LogP contribution is -2.38. The fourth-order valence-corrected chi connectivity index (χ4v) is 4.84. The molecule has 9 nitrogen and oxygen atoms in total. The van der Waals surface area contributed by atoms with Crippen LogP contribution in [0.25, 0.3) is 0 Å². The van der Waals surface area contributed by atoms with Gasteiger partial charge in [-0.3, -0.25) is 14.4 Å². The zero-order chi connectivity index (χ0) is 22.5. The van der Waals surface area contributed by atoms with Gasteiger partial charge in [-0.2, -0.15) is 0 Å². The predicted molar refractivity (Wildman–Crippen MR) is 119 cm³/mol. The minimum atomic E-state index is -0.681. The van der Waals surface area contributed by atoms with E-state index in [-0.39, 0.29) is 40.0 Å².